The van der Waals surface area contributed by atoms with E-state index < -0.39 is 46.9 Å². The van der Waals surface area contributed by atoms with Gasteiger partial charge in [0.05, 0.1) is 35.7 Å². The Morgan fingerprint density at radius 1 is 1.00 bits per heavy atom. The Hall–Kier alpha value is -6.00. The van der Waals surface area contributed by atoms with Gasteiger partial charge < -0.3 is 35.1 Å². The Bertz CT molecular complexity index is 2300. The number of nitrogens with zero attached hydrogens (tertiary/aromatic N) is 5. The summed E-state index contributed by atoms with van der Waals surface area (Å²) in [5, 5.41) is 4.90. The molecule has 4 heterocycles. The van der Waals surface area contributed by atoms with Gasteiger partial charge in [0.2, 0.25) is 11.8 Å². The molecule has 4 atom stereocenters. The van der Waals surface area contributed by atoms with Crippen molar-refractivity contribution in [2.45, 2.75) is 78.2 Å². The molecular formula is C44H50F4N8O5. The first-order chi connectivity index (χ1) is 28.9. The maximum absolute atomic E-state index is 15.6. The van der Waals surface area contributed by atoms with Crippen LogP contribution in [-0.4, -0.2) is 93.9 Å². The molecule has 1 aliphatic carbocycles. The van der Waals surface area contributed by atoms with Gasteiger partial charge in [-0.15, -0.1) is 0 Å². The first-order valence-corrected chi connectivity index (χ1v) is 20.4. The topological polar surface area (TPSA) is 153 Å². The molecule has 7 rings (SSSR count). The molecule has 0 spiro atoms. The van der Waals surface area contributed by atoms with Gasteiger partial charge in [-0.3, -0.25) is 14.4 Å². The summed E-state index contributed by atoms with van der Waals surface area (Å²) < 4.78 is 63.8. The zero-order valence-electron chi connectivity index (χ0n) is 34.9. The molecule has 2 aromatic carbocycles. The molecular weight excluding hydrogens is 797 g/mol. The van der Waals surface area contributed by atoms with E-state index >= 15 is 4.39 Å². The van der Waals surface area contributed by atoms with Crippen molar-refractivity contribution in [3.05, 3.63) is 83.7 Å². The second kappa shape index (κ2) is 16.8. The quantitative estimate of drug-likeness (QED) is 0.138. The fourth-order valence-corrected chi connectivity index (χ4v) is 8.30. The molecule has 0 bridgehead atoms. The summed E-state index contributed by atoms with van der Waals surface area (Å²) in [4.78, 5) is 69.4. The van der Waals surface area contributed by atoms with E-state index in [2.05, 4.69) is 34.4 Å². The highest BCUT2D eigenvalue weighted by Crippen LogP contribution is 2.52. The van der Waals surface area contributed by atoms with E-state index in [1.807, 2.05) is 30.6 Å². The van der Waals surface area contributed by atoms with Crippen molar-refractivity contribution in [3.63, 3.8) is 0 Å². The van der Waals surface area contributed by atoms with Crippen LogP contribution in [0.25, 0.3) is 22.4 Å². The third-order valence-corrected chi connectivity index (χ3v) is 12.0. The highest BCUT2D eigenvalue weighted by atomic mass is 19.4. The number of rotatable bonds is 10. The minimum Gasteiger partial charge on any atom is -0.453 e. The smallest absolute Gasteiger partial charge is 0.417 e. The van der Waals surface area contributed by atoms with Gasteiger partial charge in [0.1, 0.15) is 23.5 Å². The molecule has 17 heteroatoms. The van der Waals surface area contributed by atoms with Gasteiger partial charge in [-0.05, 0) is 72.9 Å². The van der Waals surface area contributed by atoms with Crippen molar-refractivity contribution >= 4 is 35.3 Å². The fourth-order valence-electron chi connectivity index (χ4n) is 8.30. The summed E-state index contributed by atoms with van der Waals surface area (Å²) in [6.45, 7) is 11.9. The molecule has 0 radical (unpaired) electrons. The van der Waals surface area contributed by atoms with Gasteiger partial charge in [0, 0.05) is 56.1 Å². The van der Waals surface area contributed by atoms with Crippen molar-refractivity contribution in [2.75, 3.05) is 43.5 Å². The van der Waals surface area contributed by atoms with Crippen LogP contribution in [0, 0.1) is 23.1 Å². The maximum atomic E-state index is 15.6. The number of nitrogens with one attached hydrogen (secondary N) is 3. The summed E-state index contributed by atoms with van der Waals surface area (Å²) >= 11 is 0. The molecule has 61 heavy (non-hydrogen) atoms. The number of benzene rings is 2. The molecule has 0 unspecified atom stereocenters. The molecule has 3 fully saturated rings. The van der Waals surface area contributed by atoms with Gasteiger partial charge in [0.25, 0.3) is 5.91 Å². The zero-order valence-corrected chi connectivity index (χ0v) is 34.9. The van der Waals surface area contributed by atoms with E-state index in [0.29, 0.717) is 61.6 Å². The summed E-state index contributed by atoms with van der Waals surface area (Å²) in [7, 11) is 1.23. The first kappa shape index (κ1) is 43.1. The highest BCUT2D eigenvalue weighted by molar-refractivity contribution is 6.04. The number of carbonyl (C=O) groups excluding carboxylic acids is 4. The van der Waals surface area contributed by atoms with E-state index in [4.69, 9.17) is 9.72 Å². The first-order valence-electron chi connectivity index (χ1n) is 20.4. The summed E-state index contributed by atoms with van der Waals surface area (Å²) in [6.07, 6.45) is -0.440. The number of ether oxygens (including phenoxy) is 1. The number of carbonyl (C=O) groups is 4. The van der Waals surface area contributed by atoms with Crippen LogP contribution in [0.3, 0.4) is 0 Å². The van der Waals surface area contributed by atoms with Crippen LogP contribution in [0.5, 0.6) is 0 Å². The second-order valence-electron chi connectivity index (χ2n) is 17.1. The zero-order chi connectivity index (χ0) is 44.0. The molecule has 13 nitrogen and oxygen atoms in total. The number of imidazole rings is 1. The number of amides is 4. The van der Waals surface area contributed by atoms with Gasteiger partial charge in [-0.1, -0.05) is 52.0 Å². The number of H-pyrrole nitrogens is 1. The van der Waals surface area contributed by atoms with E-state index in [1.165, 1.54) is 31.5 Å². The Morgan fingerprint density at radius 2 is 1.70 bits per heavy atom. The van der Waals surface area contributed by atoms with Crippen molar-refractivity contribution < 1.29 is 41.5 Å². The van der Waals surface area contributed by atoms with Gasteiger partial charge in [0.15, 0.2) is 0 Å². The molecule has 1 saturated carbocycles. The average molecular weight is 847 g/mol. The van der Waals surface area contributed by atoms with Crippen molar-refractivity contribution in [1.29, 1.82) is 0 Å². The lowest BCUT2D eigenvalue weighted by Gasteiger charge is -2.40. The predicted molar refractivity (Wildman–Crippen MR) is 220 cm³/mol. The van der Waals surface area contributed by atoms with Crippen LogP contribution < -0.4 is 15.5 Å². The molecule has 3 N–H and O–H groups in total. The van der Waals surface area contributed by atoms with Crippen LogP contribution in [0.1, 0.15) is 81.7 Å². The van der Waals surface area contributed by atoms with Crippen molar-refractivity contribution in [2.24, 2.45) is 17.3 Å². The van der Waals surface area contributed by atoms with E-state index in [9.17, 15) is 32.3 Å². The van der Waals surface area contributed by atoms with Crippen molar-refractivity contribution in [1.82, 2.24) is 30.1 Å². The Balaban J connectivity index is 1.02. The number of piperazine rings is 1. The lowest BCUT2D eigenvalue weighted by molar-refractivity contribution is -0.137. The van der Waals surface area contributed by atoms with Gasteiger partial charge in [-0.2, -0.15) is 13.2 Å². The average Bonchev–Trinajstić information content (AvgIpc) is 3.56. The number of aromatic amines is 1. The maximum Gasteiger partial charge on any atom is 0.417 e. The number of hydrogen-bond acceptors (Lipinski definition) is 8. The summed E-state index contributed by atoms with van der Waals surface area (Å²) in [5.41, 5.74) is -0.998. The van der Waals surface area contributed by atoms with E-state index in [0.717, 1.165) is 18.9 Å². The second-order valence-corrected chi connectivity index (χ2v) is 17.1. The molecule has 4 aromatic rings. The van der Waals surface area contributed by atoms with Gasteiger partial charge in [-0.25, -0.2) is 19.2 Å². The number of aromatic nitrogens is 3. The number of likely N-dealkylation sites (tertiary alicyclic amines) is 1. The van der Waals surface area contributed by atoms with E-state index in [1.54, 1.807) is 29.3 Å². The molecule has 4 amide bonds. The minimum absolute atomic E-state index is 0.0258. The van der Waals surface area contributed by atoms with Crippen LogP contribution in [0.4, 0.5) is 33.9 Å². The molecule has 2 saturated heterocycles. The fraction of sp³-hybridized carbons (Fsp3) is 0.455. The summed E-state index contributed by atoms with van der Waals surface area (Å²) in [6, 6.07) is 9.22. The molecule has 324 valence electrons. The van der Waals surface area contributed by atoms with Crippen LogP contribution in [0.15, 0.2) is 60.9 Å². The molecule has 3 aliphatic rings. The van der Waals surface area contributed by atoms with E-state index in [-0.39, 0.29) is 52.3 Å². The minimum atomic E-state index is -4.90. The normalized spacial score (nSPS) is 20.4. The third kappa shape index (κ3) is 9.05. The Morgan fingerprint density at radius 3 is 2.31 bits per heavy atom. The Kier molecular flexibility index (Phi) is 11.9. The number of pyridine rings is 1. The van der Waals surface area contributed by atoms with Gasteiger partial charge >= 0.3 is 12.3 Å². The number of alkyl carbamates (subject to hydrolysis) is 1. The SMILES string of the molecule is COC(=O)N[C@H](C(=O)N1CCC[C@H]1c1nc(-c2ccc(-c3cc(F)c(NC(=O)c4ccc(N5CCN(C(=O)[C@H]6CC6(C)C)C[C@H]5C)nc4)cc3C(F)(F)F)cc2)c[nH]1)C(C)C. The largest absolute Gasteiger partial charge is 0.453 e. The molecule has 2 aromatic heterocycles. The lowest BCUT2D eigenvalue weighted by atomic mass is 9.96. The highest BCUT2D eigenvalue weighted by Gasteiger charge is 2.52. The standard InChI is InChI=1S/C44H50F4N8O5/c1-24(2)37(53-42(60)61-6)41(59)56-15-7-8-35(56)38-50-22-34(51-38)27-11-9-26(10-12-27)29-18-32(45)33(19-30(29)44(46,47)48)52-39(57)28-13-14-36(49-21-28)55-17-16-54(23-25(55)3)40(58)31-20-43(31,4)5/h9-14,18-19,21-22,24-25,31,35,37H,7-8,15-17,20,23H2,1-6H3,(H,50,51)(H,52,57)(H,53,60)/t25-,31-,35+,37+/m1/s1. The predicted octanol–water partition coefficient (Wildman–Crippen LogP) is 7.68. The number of anilines is 2. The van der Waals surface area contributed by atoms with Crippen LogP contribution in [-0.2, 0) is 20.5 Å². The summed E-state index contributed by atoms with van der Waals surface area (Å²) in [5.74, 6) is -1.05. The number of halogens is 4. The number of alkyl halides is 3. The Labute approximate surface area is 351 Å². The van der Waals surface area contributed by atoms with Crippen LogP contribution >= 0.6 is 0 Å². The third-order valence-electron chi connectivity index (χ3n) is 12.0. The monoisotopic (exact) mass is 846 g/mol. The van der Waals surface area contributed by atoms with Crippen molar-refractivity contribution in [3.8, 4) is 22.4 Å². The van der Waals surface area contributed by atoms with Crippen LogP contribution in [0.2, 0.25) is 0 Å². The lowest BCUT2D eigenvalue weighted by Crippen LogP contribution is -2.54. The number of methoxy groups -OCH3 is 1. The molecule has 2 aliphatic heterocycles. The number of hydrogen-bond donors (Lipinski definition) is 3.